The fourth-order valence-electron chi connectivity index (χ4n) is 2.33. The van der Waals surface area contributed by atoms with Crippen LogP contribution in [0.15, 0.2) is 24.3 Å². The third kappa shape index (κ3) is 8.66. The minimum Gasteiger partial charge on any atom is -0.458 e. The summed E-state index contributed by atoms with van der Waals surface area (Å²) in [5, 5.41) is 2.48. The van der Waals surface area contributed by atoms with Gasteiger partial charge in [-0.15, -0.1) is 0 Å². The minimum atomic E-state index is -1.11. The Kier molecular flexibility index (Phi) is 8.63. The fraction of sp³-hybridized carbons (Fsp3) is 0.474. The first kappa shape index (κ1) is 23.1. The van der Waals surface area contributed by atoms with Gasteiger partial charge in [0, 0.05) is 6.42 Å². The number of rotatable bonds is 9. The molecule has 0 aromatic heterocycles. The van der Waals surface area contributed by atoms with Crippen molar-refractivity contribution in [2.75, 3.05) is 0 Å². The topological polar surface area (TPSA) is 135 Å². The number of carbonyl (C=O) groups is 3. The first-order chi connectivity index (χ1) is 13.0. The molecule has 0 saturated heterocycles. The molecule has 1 aromatic rings. The van der Waals surface area contributed by atoms with Crippen LogP contribution in [-0.4, -0.2) is 46.3 Å². The van der Waals surface area contributed by atoms with Crippen LogP contribution in [0.4, 0.5) is 4.39 Å². The van der Waals surface area contributed by atoms with E-state index in [4.69, 9.17) is 16.0 Å². The highest BCUT2D eigenvalue weighted by molar-refractivity contribution is 6.25. The number of nitrogens with one attached hydrogen (secondary N) is 1. The summed E-state index contributed by atoms with van der Waals surface area (Å²) in [6.07, 6.45) is 0.579. The molecule has 0 fully saturated rings. The first-order valence-electron chi connectivity index (χ1n) is 8.75. The monoisotopic (exact) mass is 392 g/mol. The molecule has 0 radical (unpaired) electrons. The van der Waals surface area contributed by atoms with Crippen LogP contribution in [0.25, 0.3) is 5.53 Å². The molecule has 0 bridgehead atoms. The molecular formula is C19H25FN4O4. The molecular weight excluding hydrogens is 367 g/mol. The van der Waals surface area contributed by atoms with E-state index in [1.807, 2.05) is 0 Å². The minimum absolute atomic E-state index is 0.0573. The van der Waals surface area contributed by atoms with E-state index < -0.39 is 41.2 Å². The van der Waals surface area contributed by atoms with Crippen molar-refractivity contribution in [2.24, 2.45) is 5.73 Å². The van der Waals surface area contributed by atoms with E-state index in [2.05, 4.69) is 10.1 Å². The van der Waals surface area contributed by atoms with E-state index >= 15 is 0 Å². The summed E-state index contributed by atoms with van der Waals surface area (Å²) in [6, 6.07) is 3.55. The number of ether oxygens (including phenoxy) is 1. The Bertz CT molecular complexity index is 769. The zero-order valence-electron chi connectivity index (χ0n) is 16.1. The fourth-order valence-corrected chi connectivity index (χ4v) is 2.33. The lowest BCUT2D eigenvalue weighted by Gasteiger charge is -2.25. The van der Waals surface area contributed by atoms with Gasteiger partial charge in [-0.1, -0.05) is 12.1 Å². The summed E-state index contributed by atoms with van der Waals surface area (Å²) < 4.78 is 18.5. The number of nitrogens with zero attached hydrogens (tertiary/aromatic N) is 2. The third-order valence-electron chi connectivity index (χ3n) is 3.57. The van der Waals surface area contributed by atoms with Crippen LogP contribution in [0.2, 0.25) is 0 Å². The van der Waals surface area contributed by atoms with Crippen LogP contribution in [0.1, 0.15) is 39.2 Å². The van der Waals surface area contributed by atoms with Gasteiger partial charge in [0.25, 0.3) is 0 Å². The summed E-state index contributed by atoms with van der Waals surface area (Å²) in [5.74, 6) is -2.31. The van der Waals surface area contributed by atoms with Crippen molar-refractivity contribution in [3.63, 3.8) is 0 Å². The van der Waals surface area contributed by atoms with Gasteiger partial charge < -0.3 is 21.3 Å². The van der Waals surface area contributed by atoms with Gasteiger partial charge in [0.15, 0.2) is 0 Å². The molecule has 0 heterocycles. The van der Waals surface area contributed by atoms with Crippen LogP contribution in [-0.2, 0) is 25.5 Å². The van der Waals surface area contributed by atoms with E-state index in [1.54, 1.807) is 26.8 Å². The Labute approximate surface area is 162 Å². The predicted molar refractivity (Wildman–Crippen MR) is 99.8 cm³/mol. The van der Waals surface area contributed by atoms with Crippen LogP contribution in [0.5, 0.6) is 0 Å². The van der Waals surface area contributed by atoms with E-state index in [1.165, 1.54) is 18.2 Å². The average Bonchev–Trinajstić information content (AvgIpc) is 2.57. The molecule has 0 unspecified atom stereocenters. The number of carbonyl (C=O) groups excluding carboxylic acids is 3. The van der Waals surface area contributed by atoms with Crippen molar-refractivity contribution < 1.29 is 28.3 Å². The molecule has 0 aliphatic carbocycles. The molecule has 28 heavy (non-hydrogen) atoms. The second kappa shape index (κ2) is 10.4. The summed E-state index contributed by atoms with van der Waals surface area (Å²) >= 11 is 0. The van der Waals surface area contributed by atoms with Crippen molar-refractivity contribution in [1.29, 1.82) is 0 Å². The molecule has 0 aliphatic rings. The molecule has 9 heteroatoms. The van der Waals surface area contributed by atoms with E-state index in [9.17, 15) is 18.8 Å². The number of Topliss-reactive ketones (excluding diaryl/α,β-unsaturated/α-hetero) is 1. The second-order valence-electron chi connectivity index (χ2n) is 7.28. The predicted octanol–water partition coefficient (Wildman–Crippen LogP) is 1.17. The highest BCUT2D eigenvalue weighted by atomic mass is 19.1. The molecule has 0 saturated carbocycles. The van der Waals surface area contributed by atoms with Crippen molar-refractivity contribution in [1.82, 2.24) is 5.32 Å². The van der Waals surface area contributed by atoms with E-state index in [-0.39, 0.29) is 19.3 Å². The Morgan fingerprint density at radius 2 is 2.04 bits per heavy atom. The molecule has 0 spiro atoms. The van der Waals surface area contributed by atoms with Crippen LogP contribution in [0.3, 0.4) is 0 Å². The van der Waals surface area contributed by atoms with Crippen LogP contribution >= 0.6 is 0 Å². The van der Waals surface area contributed by atoms with Crippen molar-refractivity contribution in [2.45, 2.75) is 57.7 Å². The van der Waals surface area contributed by atoms with Crippen molar-refractivity contribution in [3.05, 3.63) is 41.2 Å². The van der Waals surface area contributed by atoms with Crippen molar-refractivity contribution >= 4 is 23.9 Å². The highest BCUT2D eigenvalue weighted by Crippen LogP contribution is 2.12. The molecule has 1 aromatic carbocycles. The number of ketones is 1. The van der Waals surface area contributed by atoms with Gasteiger partial charge in [-0.25, -0.2) is 9.18 Å². The second-order valence-corrected chi connectivity index (χ2v) is 7.28. The number of benzene rings is 1. The maximum Gasteiger partial charge on any atom is 0.329 e. The maximum absolute atomic E-state index is 13.3. The number of hydrogen-bond donors (Lipinski definition) is 2. The highest BCUT2D eigenvalue weighted by Gasteiger charge is 2.29. The summed E-state index contributed by atoms with van der Waals surface area (Å²) in [7, 11) is 0. The number of hydrogen-bond acceptors (Lipinski definition) is 5. The van der Waals surface area contributed by atoms with Crippen molar-refractivity contribution in [3.8, 4) is 0 Å². The Balaban J connectivity index is 2.81. The van der Waals surface area contributed by atoms with Gasteiger partial charge in [-0.05, 0) is 51.3 Å². The molecule has 1 amide bonds. The summed E-state index contributed by atoms with van der Waals surface area (Å²) in [5.41, 5.74) is 14.0. The summed E-state index contributed by atoms with van der Waals surface area (Å²) in [6.45, 7) is 5.01. The third-order valence-corrected chi connectivity index (χ3v) is 3.57. The Morgan fingerprint density at radius 1 is 1.36 bits per heavy atom. The molecule has 1 rings (SSSR count). The lowest BCUT2D eigenvalue weighted by atomic mass is 10.0. The van der Waals surface area contributed by atoms with Gasteiger partial charge >= 0.3 is 12.2 Å². The van der Waals surface area contributed by atoms with Crippen LogP contribution in [0, 0.1) is 5.82 Å². The van der Waals surface area contributed by atoms with E-state index in [0.717, 1.165) is 0 Å². The Hall–Kier alpha value is -2.90. The maximum atomic E-state index is 13.3. The number of halogens is 1. The molecule has 152 valence electrons. The molecule has 0 aliphatic heterocycles. The largest absolute Gasteiger partial charge is 0.458 e. The Morgan fingerprint density at radius 3 is 2.61 bits per heavy atom. The zero-order chi connectivity index (χ0) is 21.3. The number of esters is 1. The normalized spacial score (nSPS) is 13.0. The number of amides is 1. The number of nitrogens with two attached hydrogens (primary N) is 1. The zero-order valence-corrected chi connectivity index (χ0v) is 16.1. The smallest absolute Gasteiger partial charge is 0.329 e. The van der Waals surface area contributed by atoms with Gasteiger partial charge in [0.2, 0.25) is 11.7 Å². The van der Waals surface area contributed by atoms with Gasteiger partial charge in [-0.3, -0.25) is 9.59 Å². The standard InChI is InChI=1S/C19H25FN4O4/c1-19(2,3)28-18(27)16(8-7-14(25)11-23-22)24-17(26)15(21)10-12-5-4-6-13(20)9-12/h4-6,9,11,15-16H,7-8,10,21H2,1-3H3,(H,24,26)/t15-,16-/m0/s1. The van der Waals surface area contributed by atoms with Gasteiger partial charge in [-0.2, -0.15) is 4.79 Å². The van der Waals surface area contributed by atoms with E-state index in [0.29, 0.717) is 11.8 Å². The van der Waals surface area contributed by atoms with Gasteiger partial charge in [0.1, 0.15) is 17.5 Å². The van der Waals surface area contributed by atoms with Gasteiger partial charge in [0.05, 0.1) is 6.04 Å². The lowest BCUT2D eigenvalue weighted by Crippen LogP contribution is -2.50. The SMILES string of the molecule is CC(C)(C)OC(=O)[C@H](CCC(=O)C=[N+]=[N-])NC(=O)[C@@H](N)Cc1cccc(F)c1. The van der Waals surface area contributed by atoms with Crippen LogP contribution < -0.4 is 11.1 Å². The lowest BCUT2D eigenvalue weighted by molar-refractivity contribution is -0.159. The molecule has 3 N–H and O–H groups in total. The molecule has 8 nitrogen and oxygen atoms in total. The molecule has 2 atom stereocenters. The average molecular weight is 392 g/mol. The quantitative estimate of drug-likeness (QED) is 0.281. The summed E-state index contributed by atoms with van der Waals surface area (Å²) in [4.78, 5) is 38.9. The first-order valence-corrected chi connectivity index (χ1v) is 8.75.